The summed E-state index contributed by atoms with van der Waals surface area (Å²) in [6.45, 7) is 6.56. The third kappa shape index (κ3) is 5.07. The van der Waals surface area contributed by atoms with E-state index in [-0.39, 0.29) is 17.1 Å². The topological polar surface area (TPSA) is 86.9 Å². The van der Waals surface area contributed by atoms with Crippen molar-refractivity contribution in [3.63, 3.8) is 0 Å². The molecule has 2 N–H and O–H groups in total. The van der Waals surface area contributed by atoms with Crippen molar-refractivity contribution in [3.05, 3.63) is 35.9 Å². The van der Waals surface area contributed by atoms with E-state index in [1.54, 1.807) is 4.90 Å². The van der Waals surface area contributed by atoms with E-state index in [2.05, 4.69) is 11.8 Å². The van der Waals surface area contributed by atoms with Crippen molar-refractivity contribution < 1.29 is 13.2 Å². The van der Waals surface area contributed by atoms with Crippen LogP contribution in [-0.2, 0) is 20.6 Å². The van der Waals surface area contributed by atoms with Gasteiger partial charge in [0.05, 0.1) is 12.3 Å². The van der Waals surface area contributed by atoms with Gasteiger partial charge in [-0.1, -0.05) is 37.3 Å². The number of carbonyl (C=O) groups excluding carboxylic acids is 1. The van der Waals surface area contributed by atoms with Gasteiger partial charge in [-0.25, -0.2) is 8.42 Å². The standard InChI is InChI=1S/C19H30N4O3S/c1-19(15-20)7-8-21(16-19)13-18(24)22-9-11-23(12-10-22)27(25,26)14-17-5-3-2-4-6-17/h2-6H,7-16,20H2,1H3. The van der Waals surface area contributed by atoms with Crippen molar-refractivity contribution in [3.8, 4) is 0 Å². The fourth-order valence-electron chi connectivity index (χ4n) is 3.81. The molecule has 2 aliphatic heterocycles. The highest BCUT2D eigenvalue weighted by Crippen LogP contribution is 2.28. The van der Waals surface area contributed by atoms with Gasteiger partial charge in [0.1, 0.15) is 0 Å². The van der Waals surface area contributed by atoms with Crippen LogP contribution < -0.4 is 5.73 Å². The van der Waals surface area contributed by atoms with Crippen LogP contribution in [0.1, 0.15) is 18.9 Å². The third-order valence-corrected chi connectivity index (χ3v) is 7.52. The first-order valence-electron chi connectivity index (χ1n) is 9.53. The normalized spacial score (nSPS) is 25.0. The summed E-state index contributed by atoms with van der Waals surface area (Å²) < 4.78 is 26.7. The van der Waals surface area contributed by atoms with Crippen molar-refractivity contribution >= 4 is 15.9 Å². The molecule has 8 heteroatoms. The smallest absolute Gasteiger partial charge is 0.236 e. The minimum Gasteiger partial charge on any atom is -0.339 e. The average Bonchev–Trinajstić information content (AvgIpc) is 3.04. The number of benzene rings is 1. The van der Waals surface area contributed by atoms with Crippen LogP contribution in [0.4, 0.5) is 0 Å². The molecule has 0 bridgehead atoms. The van der Waals surface area contributed by atoms with Gasteiger partial charge in [-0.2, -0.15) is 4.31 Å². The Balaban J connectivity index is 1.49. The molecule has 0 aliphatic carbocycles. The Morgan fingerprint density at radius 2 is 1.78 bits per heavy atom. The summed E-state index contributed by atoms with van der Waals surface area (Å²) in [5.74, 6) is 0.0872. The zero-order valence-electron chi connectivity index (χ0n) is 16.0. The molecule has 1 aromatic carbocycles. The average molecular weight is 395 g/mol. The molecule has 1 unspecified atom stereocenters. The van der Waals surface area contributed by atoms with Gasteiger partial charge in [-0.05, 0) is 30.5 Å². The summed E-state index contributed by atoms with van der Waals surface area (Å²) in [7, 11) is -3.36. The Bertz CT molecular complexity index is 747. The van der Waals surface area contributed by atoms with E-state index in [9.17, 15) is 13.2 Å². The number of nitrogens with two attached hydrogens (primary N) is 1. The van der Waals surface area contributed by atoms with Gasteiger partial charge in [0.2, 0.25) is 15.9 Å². The second-order valence-electron chi connectivity index (χ2n) is 8.00. The van der Waals surface area contributed by atoms with Crippen LogP contribution in [0.2, 0.25) is 0 Å². The van der Waals surface area contributed by atoms with E-state index < -0.39 is 10.0 Å². The van der Waals surface area contributed by atoms with Crippen LogP contribution in [0.15, 0.2) is 30.3 Å². The highest BCUT2D eigenvalue weighted by Gasteiger charge is 2.35. The van der Waals surface area contributed by atoms with Crippen LogP contribution in [0.5, 0.6) is 0 Å². The molecule has 7 nitrogen and oxygen atoms in total. The first kappa shape index (κ1) is 20.3. The molecule has 0 saturated carbocycles. The predicted octanol–water partition coefficient (Wildman–Crippen LogP) is 0.331. The lowest BCUT2D eigenvalue weighted by Crippen LogP contribution is -2.52. The lowest BCUT2D eigenvalue weighted by Gasteiger charge is -2.35. The quantitative estimate of drug-likeness (QED) is 0.751. The van der Waals surface area contributed by atoms with E-state index in [4.69, 9.17) is 5.73 Å². The maximum Gasteiger partial charge on any atom is 0.236 e. The van der Waals surface area contributed by atoms with E-state index >= 15 is 0 Å². The molecule has 2 fully saturated rings. The Labute approximate surface area is 162 Å². The number of amides is 1. The first-order valence-corrected chi connectivity index (χ1v) is 11.1. The van der Waals surface area contributed by atoms with E-state index in [1.165, 1.54) is 4.31 Å². The van der Waals surface area contributed by atoms with Gasteiger partial charge in [0, 0.05) is 32.7 Å². The minimum atomic E-state index is -3.36. The first-order chi connectivity index (χ1) is 12.8. The van der Waals surface area contributed by atoms with Crippen molar-refractivity contribution in [2.24, 2.45) is 11.1 Å². The predicted molar refractivity (Wildman–Crippen MR) is 105 cm³/mol. The fourth-order valence-corrected chi connectivity index (χ4v) is 5.33. The lowest BCUT2D eigenvalue weighted by molar-refractivity contribution is -0.133. The molecule has 2 saturated heterocycles. The Hall–Kier alpha value is -1.48. The SMILES string of the molecule is CC1(CN)CCN(CC(=O)N2CCN(S(=O)(=O)Cc3ccccc3)CC2)C1. The summed E-state index contributed by atoms with van der Waals surface area (Å²) in [6.07, 6.45) is 1.02. The number of hydrogen-bond acceptors (Lipinski definition) is 5. The molecular weight excluding hydrogens is 364 g/mol. The van der Waals surface area contributed by atoms with E-state index in [0.717, 1.165) is 25.1 Å². The molecule has 0 aromatic heterocycles. The van der Waals surface area contributed by atoms with Gasteiger partial charge in [0.15, 0.2) is 0 Å². The molecule has 27 heavy (non-hydrogen) atoms. The lowest BCUT2D eigenvalue weighted by atomic mass is 9.90. The minimum absolute atomic E-state index is 0.00718. The largest absolute Gasteiger partial charge is 0.339 e. The highest BCUT2D eigenvalue weighted by molar-refractivity contribution is 7.88. The third-order valence-electron chi connectivity index (χ3n) is 5.67. The summed E-state index contributed by atoms with van der Waals surface area (Å²) in [5.41, 5.74) is 6.72. The summed E-state index contributed by atoms with van der Waals surface area (Å²) in [4.78, 5) is 16.5. The van der Waals surface area contributed by atoms with Crippen LogP contribution in [-0.4, -0.2) is 80.8 Å². The molecule has 3 rings (SSSR count). The molecule has 1 atom stereocenters. The maximum atomic E-state index is 12.6. The second-order valence-corrected chi connectivity index (χ2v) is 9.97. The van der Waals surface area contributed by atoms with Crippen molar-refractivity contribution in [1.29, 1.82) is 0 Å². The van der Waals surface area contributed by atoms with Gasteiger partial charge < -0.3 is 10.6 Å². The Morgan fingerprint density at radius 3 is 2.37 bits per heavy atom. The van der Waals surface area contributed by atoms with Crippen LogP contribution in [0.25, 0.3) is 0 Å². The zero-order chi connectivity index (χ0) is 19.5. The molecule has 2 aliphatic rings. The van der Waals surface area contributed by atoms with Crippen molar-refractivity contribution in [1.82, 2.24) is 14.1 Å². The van der Waals surface area contributed by atoms with E-state index in [1.807, 2.05) is 30.3 Å². The summed E-state index contributed by atoms with van der Waals surface area (Å²) >= 11 is 0. The number of hydrogen-bond donors (Lipinski definition) is 1. The molecular formula is C19H30N4O3S. The van der Waals surface area contributed by atoms with Crippen molar-refractivity contribution in [2.75, 3.05) is 52.4 Å². The molecule has 2 heterocycles. The summed E-state index contributed by atoms with van der Waals surface area (Å²) in [6, 6.07) is 9.20. The number of piperazine rings is 1. The van der Waals surface area contributed by atoms with Gasteiger partial charge in [-0.15, -0.1) is 0 Å². The molecule has 1 aromatic rings. The second kappa shape index (κ2) is 8.26. The molecule has 0 radical (unpaired) electrons. The summed E-state index contributed by atoms with van der Waals surface area (Å²) in [5, 5.41) is 0. The highest BCUT2D eigenvalue weighted by atomic mass is 32.2. The van der Waals surface area contributed by atoms with Crippen LogP contribution >= 0.6 is 0 Å². The van der Waals surface area contributed by atoms with Gasteiger partial charge >= 0.3 is 0 Å². The van der Waals surface area contributed by atoms with Crippen molar-refractivity contribution in [2.45, 2.75) is 19.1 Å². The number of rotatable bonds is 6. The van der Waals surface area contributed by atoms with Gasteiger partial charge in [-0.3, -0.25) is 9.69 Å². The monoisotopic (exact) mass is 394 g/mol. The number of nitrogens with zero attached hydrogens (tertiary/aromatic N) is 3. The van der Waals surface area contributed by atoms with Crippen LogP contribution in [0.3, 0.4) is 0 Å². The van der Waals surface area contributed by atoms with Gasteiger partial charge in [0.25, 0.3) is 0 Å². The maximum absolute atomic E-state index is 12.6. The Kier molecular flexibility index (Phi) is 6.20. The van der Waals surface area contributed by atoms with Crippen LogP contribution in [0, 0.1) is 5.41 Å². The fraction of sp³-hybridized carbons (Fsp3) is 0.632. The number of sulfonamides is 1. The van der Waals surface area contributed by atoms with E-state index in [0.29, 0.717) is 39.3 Å². The molecule has 0 spiro atoms. The zero-order valence-corrected chi connectivity index (χ0v) is 16.8. The Morgan fingerprint density at radius 1 is 1.11 bits per heavy atom. The number of carbonyl (C=O) groups is 1. The molecule has 150 valence electrons. The number of likely N-dealkylation sites (tertiary alicyclic amines) is 1. The molecule has 1 amide bonds.